The van der Waals surface area contributed by atoms with Crippen LogP contribution >= 0.6 is 0 Å². The molecule has 1 atom stereocenters. The highest BCUT2D eigenvalue weighted by molar-refractivity contribution is 7.89. The number of hydrogen-bond donors (Lipinski definition) is 1. The third-order valence-electron chi connectivity index (χ3n) is 5.86. The molecule has 0 bridgehead atoms. The molecule has 170 valence electrons. The minimum atomic E-state index is -3.88. The SMILES string of the molecule is COc1cccc(NC(=O)CN(C)S(=O)(=O)c2ccc3c(c2)C[C@@H](C)N3C(=O)C2CC2)c1. The number of carbonyl (C=O) groups excluding carboxylic acids is 2. The Balaban J connectivity index is 1.47. The van der Waals surface area contributed by atoms with E-state index in [4.69, 9.17) is 4.74 Å². The van der Waals surface area contributed by atoms with Gasteiger partial charge in [-0.1, -0.05) is 6.07 Å². The lowest BCUT2D eigenvalue weighted by atomic mass is 10.1. The second-order valence-electron chi connectivity index (χ2n) is 8.37. The van der Waals surface area contributed by atoms with E-state index in [-0.39, 0.29) is 29.3 Å². The highest BCUT2D eigenvalue weighted by Crippen LogP contribution is 2.39. The average molecular weight is 458 g/mol. The molecular weight excluding hydrogens is 430 g/mol. The monoisotopic (exact) mass is 457 g/mol. The molecule has 8 nitrogen and oxygen atoms in total. The summed E-state index contributed by atoms with van der Waals surface area (Å²) >= 11 is 0. The van der Waals surface area contributed by atoms with E-state index in [1.165, 1.54) is 20.2 Å². The molecule has 1 saturated carbocycles. The van der Waals surface area contributed by atoms with E-state index in [0.29, 0.717) is 17.9 Å². The van der Waals surface area contributed by atoms with Crippen LogP contribution in [-0.2, 0) is 26.0 Å². The van der Waals surface area contributed by atoms with Crippen molar-refractivity contribution in [3.63, 3.8) is 0 Å². The number of nitrogens with zero attached hydrogens (tertiary/aromatic N) is 2. The summed E-state index contributed by atoms with van der Waals surface area (Å²) in [7, 11) is -0.974. The van der Waals surface area contributed by atoms with Crippen LogP contribution in [0.2, 0.25) is 0 Å². The van der Waals surface area contributed by atoms with Crippen molar-refractivity contribution in [3.05, 3.63) is 48.0 Å². The first-order valence-corrected chi connectivity index (χ1v) is 12.0. The average Bonchev–Trinajstić information content (AvgIpc) is 3.55. The van der Waals surface area contributed by atoms with Crippen LogP contribution < -0.4 is 15.0 Å². The molecule has 2 aromatic carbocycles. The second kappa shape index (κ2) is 8.55. The number of nitrogens with one attached hydrogen (secondary N) is 1. The number of methoxy groups -OCH3 is 1. The molecule has 1 fully saturated rings. The quantitative estimate of drug-likeness (QED) is 0.690. The van der Waals surface area contributed by atoms with Gasteiger partial charge >= 0.3 is 0 Å². The largest absolute Gasteiger partial charge is 0.497 e. The van der Waals surface area contributed by atoms with Crippen LogP contribution in [0, 0.1) is 5.92 Å². The molecule has 9 heteroatoms. The number of ether oxygens (including phenoxy) is 1. The van der Waals surface area contributed by atoms with Gasteiger partial charge in [-0.05, 0) is 62.1 Å². The first kappa shape index (κ1) is 22.3. The Morgan fingerprint density at radius 1 is 1.19 bits per heavy atom. The van der Waals surface area contributed by atoms with Gasteiger partial charge < -0.3 is 15.0 Å². The molecule has 32 heavy (non-hydrogen) atoms. The van der Waals surface area contributed by atoms with Crippen LogP contribution in [0.15, 0.2) is 47.4 Å². The Kier molecular flexibility index (Phi) is 5.96. The van der Waals surface area contributed by atoms with Gasteiger partial charge in [-0.25, -0.2) is 8.42 Å². The van der Waals surface area contributed by atoms with Gasteiger partial charge in [0.05, 0.1) is 18.6 Å². The van der Waals surface area contributed by atoms with E-state index in [2.05, 4.69) is 5.32 Å². The summed E-state index contributed by atoms with van der Waals surface area (Å²) in [4.78, 5) is 27.0. The van der Waals surface area contributed by atoms with Gasteiger partial charge in [0, 0.05) is 36.4 Å². The Morgan fingerprint density at radius 2 is 1.94 bits per heavy atom. The van der Waals surface area contributed by atoms with Crippen molar-refractivity contribution < 1.29 is 22.7 Å². The van der Waals surface area contributed by atoms with E-state index in [1.54, 1.807) is 41.3 Å². The summed E-state index contributed by atoms with van der Waals surface area (Å²) in [6.07, 6.45) is 2.45. The molecule has 2 aromatic rings. The van der Waals surface area contributed by atoms with Gasteiger partial charge in [0.1, 0.15) is 5.75 Å². The molecule has 0 unspecified atom stereocenters. The van der Waals surface area contributed by atoms with Crippen LogP contribution in [0.3, 0.4) is 0 Å². The van der Waals surface area contributed by atoms with Crippen LogP contribution in [-0.4, -0.2) is 51.3 Å². The smallest absolute Gasteiger partial charge is 0.243 e. The fraction of sp³-hybridized carbons (Fsp3) is 0.391. The fourth-order valence-electron chi connectivity index (χ4n) is 4.00. The lowest BCUT2D eigenvalue weighted by Crippen LogP contribution is -2.36. The minimum Gasteiger partial charge on any atom is -0.497 e. The molecule has 0 aromatic heterocycles. The number of likely N-dealkylation sites (N-methyl/N-ethyl adjacent to an activating group) is 1. The number of benzene rings is 2. The minimum absolute atomic E-state index is 0.00225. The van der Waals surface area contributed by atoms with Gasteiger partial charge in [-0.3, -0.25) is 9.59 Å². The van der Waals surface area contributed by atoms with E-state index in [9.17, 15) is 18.0 Å². The zero-order valence-corrected chi connectivity index (χ0v) is 19.2. The summed E-state index contributed by atoms with van der Waals surface area (Å²) in [6.45, 7) is 1.64. The van der Waals surface area contributed by atoms with Crippen molar-refractivity contribution in [3.8, 4) is 5.75 Å². The highest BCUT2D eigenvalue weighted by Gasteiger charge is 2.40. The third kappa shape index (κ3) is 4.35. The van der Waals surface area contributed by atoms with Gasteiger partial charge in [0.15, 0.2) is 0 Å². The van der Waals surface area contributed by atoms with Crippen LogP contribution in [0.1, 0.15) is 25.3 Å². The van der Waals surface area contributed by atoms with Crippen molar-refractivity contribution in [2.45, 2.75) is 37.1 Å². The number of hydrogen-bond acceptors (Lipinski definition) is 5. The Hall–Kier alpha value is -2.91. The number of sulfonamides is 1. The number of carbonyl (C=O) groups is 2. The number of anilines is 2. The molecule has 4 rings (SSSR count). The van der Waals surface area contributed by atoms with Crippen molar-refractivity contribution >= 4 is 33.2 Å². The van der Waals surface area contributed by atoms with Gasteiger partial charge in [0.25, 0.3) is 0 Å². The standard InChI is InChI=1S/C23H27N3O5S/c1-15-11-17-12-20(9-10-21(17)26(15)23(28)16-7-8-16)32(29,30)25(2)14-22(27)24-18-5-4-6-19(13-18)31-3/h4-6,9-10,12-13,15-16H,7-8,11,14H2,1-3H3,(H,24,27)/t15-/m1/s1. The summed E-state index contributed by atoms with van der Waals surface area (Å²) in [5.74, 6) is 0.352. The number of amides is 2. The summed E-state index contributed by atoms with van der Waals surface area (Å²) < 4.78 is 32.3. The Labute approximate surface area is 188 Å². The predicted octanol–water partition coefficient (Wildman–Crippen LogP) is 2.64. The van der Waals surface area contributed by atoms with Crippen LogP contribution in [0.5, 0.6) is 5.75 Å². The van der Waals surface area contributed by atoms with E-state index in [0.717, 1.165) is 28.4 Å². The normalized spacial score (nSPS) is 17.9. The van der Waals surface area contributed by atoms with Gasteiger partial charge in [-0.15, -0.1) is 0 Å². The molecule has 1 N–H and O–H groups in total. The zero-order valence-electron chi connectivity index (χ0n) is 18.4. The maximum Gasteiger partial charge on any atom is 0.243 e. The maximum absolute atomic E-state index is 13.1. The molecule has 1 aliphatic carbocycles. The lowest BCUT2D eigenvalue weighted by molar-refractivity contribution is -0.120. The number of rotatable bonds is 7. The lowest BCUT2D eigenvalue weighted by Gasteiger charge is -2.23. The van der Waals surface area contributed by atoms with Crippen molar-refractivity contribution in [2.24, 2.45) is 5.92 Å². The van der Waals surface area contributed by atoms with E-state index < -0.39 is 15.9 Å². The molecule has 0 saturated heterocycles. The first-order chi connectivity index (χ1) is 15.2. The third-order valence-corrected chi connectivity index (χ3v) is 7.66. The van der Waals surface area contributed by atoms with Gasteiger partial charge in [-0.2, -0.15) is 4.31 Å². The second-order valence-corrected chi connectivity index (χ2v) is 10.4. The predicted molar refractivity (Wildman–Crippen MR) is 121 cm³/mol. The summed E-state index contributed by atoms with van der Waals surface area (Å²) in [6, 6.07) is 11.7. The van der Waals surface area contributed by atoms with Crippen molar-refractivity contribution in [1.82, 2.24) is 4.31 Å². The molecule has 0 spiro atoms. The molecule has 1 aliphatic heterocycles. The number of fused-ring (bicyclic) bond motifs is 1. The maximum atomic E-state index is 13.1. The van der Waals surface area contributed by atoms with E-state index >= 15 is 0 Å². The van der Waals surface area contributed by atoms with Crippen molar-refractivity contribution in [2.75, 3.05) is 30.9 Å². The zero-order chi connectivity index (χ0) is 23.0. The Morgan fingerprint density at radius 3 is 2.62 bits per heavy atom. The highest BCUT2D eigenvalue weighted by atomic mass is 32.2. The van der Waals surface area contributed by atoms with Crippen LogP contribution in [0.4, 0.5) is 11.4 Å². The molecular formula is C23H27N3O5S. The molecule has 2 aliphatic rings. The fourth-order valence-corrected chi connectivity index (χ4v) is 5.18. The van der Waals surface area contributed by atoms with Gasteiger partial charge in [0.2, 0.25) is 21.8 Å². The van der Waals surface area contributed by atoms with E-state index in [1.807, 2.05) is 6.92 Å². The van der Waals surface area contributed by atoms with Crippen LogP contribution in [0.25, 0.3) is 0 Å². The molecule has 0 radical (unpaired) electrons. The summed E-state index contributed by atoms with van der Waals surface area (Å²) in [5, 5.41) is 2.68. The first-order valence-electron chi connectivity index (χ1n) is 10.6. The topological polar surface area (TPSA) is 96.0 Å². The Bertz CT molecular complexity index is 1160. The molecule has 1 heterocycles. The summed E-state index contributed by atoms with van der Waals surface area (Å²) in [5.41, 5.74) is 2.14. The van der Waals surface area contributed by atoms with Crippen molar-refractivity contribution in [1.29, 1.82) is 0 Å². The molecule has 2 amide bonds.